The van der Waals surface area contributed by atoms with Crippen LogP contribution < -0.4 is 0 Å². The van der Waals surface area contributed by atoms with Crippen LogP contribution in [0.3, 0.4) is 0 Å². The Morgan fingerprint density at radius 2 is 1.41 bits per heavy atom. The Morgan fingerprint density at radius 1 is 1.06 bits per heavy atom. The van der Waals surface area contributed by atoms with Crippen molar-refractivity contribution in [3.05, 3.63) is 0 Å². The summed E-state index contributed by atoms with van der Waals surface area (Å²) < 4.78 is 0. The topological polar surface area (TPSA) is 135 Å². The van der Waals surface area contributed by atoms with Gasteiger partial charge in [-0.25, -0.2) is 6.29 Å². The summed E-state index contributed by atoms with van der Waals surface area (Å²) in [6.07, 6.45) is -4.57. The fourth-order valence-electron chi connectivity index (χ4n) is 0.592. The molecule has 0 spiro atoms. The Hall–Kier alpha value is 0.400. The minimum atomic E-state index is -1.89. The van der Waals surface area contributed by atoms with Crippen molar-refractivity contribution in [2.24, 2.45) is 0 Å². The van der Waals surface area contributed by atoms with Crippen LogP contribution in [-0.4, -0.2) is 86.2 Å². The molecular formula is C8H15AuO7Se-2. The number of rotatable bonds is 5. The Balaban J connectivity index is -0.000000152. The van der Waals surface area contributed by atoms with Crippen molar-refractivity contribution in [3.63, 3.8) is 0 Å². The summed E-state index contributed by atoms with van der Waals surface area (Å²) in [7, 11) is 0. The fraction of sp³-hybridized carbons (Fsp3) is 0.750. The van der Waals surface area contributed by atoms with Gasteiger partial charge in [0.1, 0.15) is 12.2 Å². The third-order valence-electron chi connectivity index (χ3n) is 1.38. The molecule has 0 aliphatic rings. The van der Waals surface area contributed by atoms with E-state index in [9.17, 15) is 4.79 Å². The van der Waals surface area contributed by atoms with Crippen LogP contribution in [0.2, 0.25) is 0 Å². The summed E-state index contributed by atoms with van der Waals surface area (Å²) in [5, 5.41) is 43.4. The molecule has 0 aromatic carbocycles. The first-order valence-corrected chi connectivity index (χ1v) is 3.95. The molecule has 0 fully saturated rings. The summed E-state index contributed by atoms with van der Waals surface area (Å²) in [6, 6.07) is 0. The molecule has 0 heterocycles. The molecule has 5 N–H and O–H groups in total. The first-order chi connectivity index (χ1) is 6.95. The van der Waals surface area contributed by atoms with E-state index >= 15 is 0 Å². The van der Waals surface area contributed by atoms with Crippen molar-refractivity contribution in [2.75, 3.05) is 6.61 Å². The normalized spacial score (nSPS) is 15.6. The van der Waals surface area contributed by atoms with Crippen molar-refractivity contribution in [3.8, 4) is 0 Å². The van der Waals surface area contributed by atoms with Gasteiger partial charge in [-0.15, -0.1) is 0 Å². The number of aliphatic hydroxyl groups is 5. The van der Waals surface area contributed by atoms with Crippen molar-refractivity contribution >= 4 is 29.6 Å². The summed E-state index contributed by atoms with van der Waals surface area (Å²) in [6.45, 7) is 0.545. The van der Waals surface area contributed by atoms with Crippen LogP contribution in [0, 0.1) is 0 Å². The second-order valence-corrected chi connectivity index (χ2v) is 2.50. The van der Waals surface area contributed by atoms with Crippen LogP contribution in [0.25, 0.3) is 0 Å². The molecule has 9 heteroatoms. The molecule has 0 aromatic rings. The molecule has 7 nitrogen and oxygen atoms in total. The zero-order valence-electron chi connectivity index (χ0n) is 8.82. The summed E-state index contributed by atoms with van der Waals surface area (Å²) in [5.74, 6) is 0. The zero-order valence-corrected chi connectivity index (χ0v) is 12.9. The molecule has 0 rings (SSSR count). The first kappa shape index (κ1) is 26.1. The van der Waals surface area contributed by atoms with Crippen LogP contribution in [0.5, 0.6) is 0 Å². The SMILES string of the molecule is C[C-]=O.O=[C-][C@@H](O)[C@@H](O)[C@H](O)[C@H](O)CO.[Au].[SeH]. The molecule has 2 radical (unpaired) electrons. The predicted octanol–water partition coefficient (Wildman–Crippen LogP) is -4.00. The van der Waals surface area contributed by atoms with E-state index in [2.05, 4.69) is 0 Å². The number of carbonyl (C=O) groups excluding carboxylic acids is 2. The van der Waals surface area contributed by atoms with Crippen LogP contribution in [0.4, 0.5) is 0 Å². The first-order valence-electron chi connectivity index (χ1n) is 3.95. The monoisotopic (exact) mass is 500 g/mol. The fourth-order valence-corrected chi connectivity index (χ4v) is 0.592. The van der Waals surface area contributed by atoms with Gasteiger partial charge in [-0.2, -0.15) is 6.92 Å². The standard InChI is InChI=1S/C6H11O6.C2H3O.Au.HSe/c7-1-3(9)5(11)6(12)4(10)2-8;1-2-3;;/h3-7,9-12H,1H2;1H3;;1H/q2*-1;;/t3-,4-,5-,6-;;;/m1.../s1. The van der Waals surface area contributed by atoms with E-state index < -0.39 is 31.0 Å². The van der Waals surface area contributed by atoms with Crippen LogP contribution >= 0.6 is 0 Å². The Bertz CT molecular complexity index is 183. The van der Waals surface area contributed by atoms with E-state index in [0.29, 0.717) is 0 Å². The van der Waals surface area contributed by atoms with E-state index in [0.717, 1.165) is 6.29 Å². The molecule has 0 aliphatic heterocycles. The average molecular weight is 499 g/mol. The second kappa shape index (κ2) is 16.4. The van der Waals surface area contributed by atoms with E-state index in [1.54, 1.807) is 0 Å². The van der Waals surface area contributed by atoms with Crippen molar-refractivity contribution < 1.29 is 57.5 Å². The quantitative estimate of drug-likeness (QED) is 0.192. The van der Waals surface area contributed by atoms with Gasteiger partial charge >= 0.3 is 17.1 Å². The van der Waals surface area contributed by atoms with Crippen LogP contribution in [-0.2, 0) is 32.0 Å². The Kier molecular flexibility index (Phi) is 25.1. The Morgan fingerprint density at radius 3 is 1.65 bits per heavy atom. The predicted molar refractivity (Wildman–Crippen MR) is 55.3 cm³/mol. The summed E-state index contributed by atoms with van der Waals surface area (Å²) in [5.41, 5.74) is 0. The van der Waals surface area contributed by atoms with E-state index in [1.807, 2.05) is 0 Å². The van der Waals surface area contributed by atoms with Crippen LogP contribution in [0.1, 0.15) is 6.92 Å². The third-order valence-corrected chi connectivity index (χ3v) is 1.38. The minimum absolute atomic E-state index is 0. The molecule has 108 valence electrons. The van der Waals surface area contributed by atoms with Gasteiger partial charge in [0.25, 0.3) is 0 Å². The van der Waals surface area contributed by atoms with Gasteiger partial charge in [-0.3, -0.25) is 6.29 Å². The van der Waals surface area contributed by atoms with Gasteiger partial charge < -0.3 is 35.1 Å². The molecule has 0 bridgehead atoms. The molecule has 0 aromatic heterocycles. The van der Waals surface area contributed by atoms with Crippen LogP contribution in [0.15, 0.2) is 0 Å². The third kappa shape index (κ3) is 12.6. The molecule has 4 atom stereocenters. The second-order valence-electron chi connectivity index (χ2n) is 2.50. The van der Waals surface area contributed by atoms with Crippen molar-refractivity contribution in [2.45, 2.75) is 31.3 Å². The van der Waals surface area contributed by atoms with Gasteiger partial charge in [-0.1, -0.05) is 0 Å². The van der Waals surface area contributed by atoms with Gasteiger partial charge in [0.15, 0.2) is 0 Å². The molecule has 0 amide bonds. The van der Waals surface area contributed by atoms with E-state index in [4.69, 9.17) is 30.3 Å². The van der Waals surface area contributed by atoms with E-state index in [1.165, 1.54) is 13.2 Å². The van der Waals surface area contributed by atoms with Crippen molar-refractivity contribution in [1.82, 2.24) is 0 Å². The maximum atomic E-state index is 9.77. The molecule has 0 unspecified atom stereocenters. The van der Waals surface area contributed by atoms with Gasteiger partial charge in [-0.05, 0) is 6.10 Å². The molecular weight excluding hydrogens is 484 g/mol. The van der Waals surface area contributed by atoms with Gasteiger partial charge in [0.05, 0.1) is 12.7 Å². The van der Waals surface area contributed by atoms with Crippen molar-refractivity contribution in [1.29, 1.82) is 0 Å². The van der Waals surface area contributed by atoms with E-state index in [-0.39, 0.29) is 39.4 Å². The van der Waals surface area contributed by atoms with Gasteiger partial charge in [0.2, 0.25) is 0 Å². The van der Waals surface area contributed by atoms with Gasteiger partial charge in [0, 0.05) is 22.4 Å². The Labute approximate surface area is 125 Å². The molecule has 17 heavy (non-hydrogen) atoms. The molecule has 0 aliphatic carbocycles. The summed E-state index contributed by atoms with van der Waals surface area (Å²) in [4.78, 5) is 18.5. The number of aliphatic hydroxyl groups excluding tert-OH is 5. The number of hydrogen-bond donors (Lipinski definition) is 5. The number of hydrogen-bond acceptors (Lipinski definition) is 7. The zero-order chi connectivity index (χ0) is 12.4. The maximum absolute atomic E-state index is 9.77. The molecule has 0 saturated heterocycles. The summed E-state index contributed by atoms with van der Waals surface area (Å²) >= 11 is 0. The average Bonchev–Trinajstić information content (AvgIpc) is 2.25. The molecule has 0 saturated carbocycles.